The third-order valence-electron chi connectivity index (χ3n) is 2.06. The summed E-state index contributed by atoms with van der Waals surface area (Å²) in [5.41, 5.74) is 6.31. The van der Waals surface area contributed by atoms with Crippen LogP contribution < -0.4 is 5.73 Å². The van der Waals surface area contributed by atoms with Gasteiger partial charge in [0, 0.05) is 6.54 Å². The van der Waals surface area contributed by atoms with E-state index in [1.807, 2.05) is 30.3 Å². The van der Waals surface area contributed by atoms with Gasteiger partial charge in [-0.15, -0.1) is 5.10 Å². The van der Waals surface area contributed by atoms with E-state index in [0.29, 0.717) is 0 Å². The zero-order valence-corrected chi connectivity index (χ0v) is 8.05. The normalized spacial score (nSPS) is 12.7. The van der Waals surface area contributed by atoms with Crippen LogP contribution >= 0.6 is 0 Å². The van der Waals surface area contributed by atoms with Crippen LogP contribution in [0.1, 0.15) is 11.9 Å². The Balaban J connectivity index is 2.28. The van der Waals surface area contributed by atoms with Crippen molar-refractivity contribution in [2.75, 3.05) is 6.54 Å². The lowest BCUT2D eigenvalue weighted by Gasteiger charge is -1.98. The lowest BCUT2D eigenvalue weighted by atomic mass is 10.3. The van der Waals surface area contributed by atoms with E-state index in [1.165, 1.54) is 4.68 Å². The molecule has 78 valence electrons. The molecule has 0 spiro atoms. The maximum Gasteiger partial charge on any atom is 0.157 e. The smallest absolute Gasteiger partial charge is 0.157 e. The van der Waals surface area contributed by atoms with Crippen LogP contribution in [0.15, 0.2) is 36.5 Å². The van der Waals surface area contributed by atoms with Gasteiger partial charge in [-0.05, 0) is 12.1 Å². The Kier molecular flexibility index (Phi) is 2.73. The van der Waals surface area contributed by atoms with E-state index in [4.69, 9.17) is 5.73 Å². The van der Waals surface area contributed by atoms with Gasteiger partial charge in [0.15, 0.2) is 6.17 Å². The summed E-state index contributed by atoms with van der Waals surface area (Å²) in [7, 11) is 0. The molecule has 4 nitrogen and oxygen atoms in total. The van der Waals surface area contributed by atoms with Gasteiger partial charge in [-0.1, -0.05) is 23.4 Å². The molecule has 1 unspecified atom stereocenters. The number of benzene rings is 1. The van der Waals surface area contributed by atoms with Crippen molar-refractivity contribution >= 4 is 0 Å². The highest BCUT2D eigenvalue weighted by atomic mass is 19.1. The van der Waals surface area contributed by atoms with Crippen LogP contribution in [-0.2, 0) is 0 Å². The van der Waals surface area contributed by atoms with Gasteiger partial charge in [0.25, 0.3) is 0 Å². The average molecular weight is 206 g/mol. The molecular formula is C10H11FN4. The second-order valence-corrected chi connectivity index (χ2v) is 3.13. The molecule has 0 saturated heterocycles. The third kappa shape index (κ3) is 2.02. The molecular weight excluding hydrogens is 195 g/mol. The first-order valence-electron chi connectivity index (χ1n) is 4.63. The van der Waals surface area contributed by atoms with Gasteiger partial charge in [-0.3, -0.25) is 0 Å². The third-order valence-corrected chi connectivity index (χ3v) is 2.06. The first-order chi connectivity index (χ1) is 7.31. The molecule has 1 atom stereocenters. The summed E-state index contributed by atoms with van der Waals surface area (Å²) in [6.45, 7) is -0.0759. The number of hydrogen-bond acceptors (Lipinski definition) is 3. The molecule has 0 bridgehead atoms. The Bertz CT molecular complexity index is 426. The summed E-state index contributed by atoms with van der Waals surface area (Å²) >= 11 is 0. The molecule has 1 heterocycles. The summed E-state index contributed by atoms with van der Waals surface area (Å²) in [6, 6.07) is 9.40. The molecule has 1 aromatic heterocycles. The fraction of sp³-hybridized carbons (Fsp3) is 0.200. The molecule has 0 amide bonds. The molecule has 0 aliphatic rings. The SMILES string of the molecule is NCC(F)c1cn(-c2ccccc2)nn1. The van der Waals surface area contributed by atoms with Gasteiger partial charge >= 0.3 is 0 Å². The highest BCUT2D eigenvalue weighted by molar-refractivity contribution is 5.30. The van der Waals surface area contributed by atoms with Crippen LogP contribution in [0.4, 0.5) is 4.39 Å². The average Bonchev–Trinajstić information content (AvgIpc) is 2.78. The molecule has 2 N–H and O–H groups in total. The minimum atomic E-state index is -1.25. The number of aromatic nitrogens is 3. The molecule has 0 saturated carbocycles. The first kappa shape index (κ1) is 9.79. The minimum Gasteiger partial charge on any atom is -0.327 e. The van der Waals surface area contributed by atoms with Crippen molar-refractivity contribution in [3.8, 4) is 5.69 Å². The van der Waals surface area contributed by atoms with Crippen molar-refractivity contribution in [3.05, 3.63) is 42.2 Å². The van der Waals surface area contributed by atoms with Gasteiger partial charge < -0.3 is 5.73 Å². The Morgan fingerprint density at radius 3 is 2.73 bits per heavy atom. The first-order valence-corrected chi connectivity index (χ1v) is 4.63. The number of alkyl halides is 1. The summed E-state index contributed by atoms with van der Waals surface area (Å²) in [5.74, 6) is 0. The van der Waals surface area contributed by atoms with Gasteiger partial charge in [-0.2, -0.15) is 0 Å². The predicted octanol–water partition coefficient (Wildman–Crippen LogP) is 1.24. The number of halogens is 1. The predicted molar refractivity (Wildman–Crippen MR) is 54.3 cm³/mol. The Labute approximate surface area is 86.5 Å². The summed E-state index contributed by atoms with van der Waals surface area (Å²) in [6.07, 6.45) is 0.301. The Morgan fingerprint density at radius 2 is 2.07 bits per heavy atom. The van der Waals surface area contributed by atoms with E-state index in [9.17, 15) is 4.39 Å². The number of nitrogens with two attached hydrogens (primary N) is 1. The molecule has 15 heavy (non-hydrogen) atoms. The maximum atomic E-state index is 13.2. The highest BCUT2D eigenvalue weighted by Gasteiger charge is 2.12. The van der Waals surface area contributed by atoms with Gasteiger partial charge in [-0.25, -0.2) is 9.07 Å². The molecule has 2 aromatic rings. The fourth-order valence-electron chi connectivity index (χ4n) is 1.25. The molecule has 0 aliphatic carbocycles. The lowest BCUT2D eigenvalue weighted by molar-refractivity contribution is 0.344. The molecule has 0 aliphatic heterocycles. The molecule has 5 heteroatoms. The minimum absolute atomic E-state index is 0.0759. The summed E-state index contributed by atoms with van der Waals surface area (Å²) in [5, 5.41) is 7.55. The van der Waals surface area contributed by atoms with Crippen LogP contribution in [0.3, 0.4) is 0 Å². The summed E-state index contributed by atoms with van der Waals surface area (Å²) in [4.78, 5) is 0. The number of hydrogen-bond donors (Lipinski definition) is 1. The van der Waals surface area contributed by atoms with Crippen molar-refractivity contribution in [2.24, 2.45) is 5.73 Å². The number of rotatable bonds is 3. The number of nitrogens with zero attached hydrogens (tertiary/aromatic N) is 3. The molecule has 0 radical (unpaired) electrons. The summed E-state index contributed by atoms with van der Waals surface area (Å²) < 4.78 is 14.7. The molecule has 1 aromatic carbocycles. The van der Waals surface area contributed by atoms with Crippen molar-refractivity contribution < 1.29 is 4.39 Å². The van der Waals surface area contributed by atoms with E-state index < -0.39 is 6.17 Å². The second kappa shape index (κ2) is 4.18. The standard InChI is InChI=1S/C10H11FN4/c11-9(6-12)10-7-15(14-13-10)8-4-2-1-3-5-8/h1-5,7,9H,6,12H2. The van der Waals surface area contributed by atoms with E-state index >= 15 is 0 Å². The van der Waals surface area contributed by atoms with Gasteiger partial charge in [0.05, 0.1) is 11.9 Å². The monoisotopic (exact) mass is 206 g/mol. The topological polar surface area (TPSA) is 56.7 Å². The Hall–Kier alpha value is -1.75. The van der Waals surface area contributed by atoms with E-state index in [1.54, 1.807) is 6.20 Å². The van der Waals surface area contributed by atoms with Crippen molar-refractivity contribution in [3.63, 3.8) is 0 Å². The van der Waals surface area contributed by atoms with E-state index in [-0.39, 0.29) is 12.2 Å². The van der Waals surface area contributed by atoms with Gasteiger partial charge in [0.1, 0.15) is 5.69 Å². The largest absolute Gasteiger partial charge is 0.327 e. The molecule has 2 rings (SSSR count). The van der Waals surface area contributed by atoms with Crippen LogP contribution in [-0.4, -0.2) is 21.5 Å². The fourth-order valence-corrected chi connectivity index (χ4v) is 1.25. The lowest BCUT2D eigenvalue weighted by Crippen LogP contribution is -2.07. The maximum absolute atomic E-state index is 13.2. The Morgan fingerprint density at radius 1 is 1.33 bits per heavy atom. The van der Waals surface area contributed by atoms with Crippen LogP contribution in [0.25, 0.3) is 5.69 Å². The second-order valence-electron chi connectivity index (χ2n) is 3.13. The zero-order chi connectivity index (χ0) is 10.7. The van der Waals surface area contributed by atoms with Crippen molar-refractivity contribution in [1.29, 1.82) is 0 Å². The quantitative estimate of drug-likeness (QED) is 0.821. The van der Waals surface area contributed by atoms with Crippen molar-refractivity contribution in [2.45, 2.75) is 6.17 Å². The van der Waals surface area contributed by atoms with Crippen molar-refractivity contribution in [1.82, 2.24) is 15.0 Å². The van der Waals surface area contributed by atoms with Crippen LogP contribution in [0.2, 0.25) is 0 Å². The van der Waals surface area contributed by atoms with E-state index in [2.05, 4.69) is 10.3 Å². The zero-order valence-electron chi connectivity index (χ0n) is 8.05. The van der Waals surface area contributed by atoms with Crippen LogP contribution in [0, 0.1) is 0 Å². The molecule has 0 fully saturated rings. The highest BCUT2D eigenvalue weighted by Crippen LogP contribution is 2.13. The van der Waals surface area contributed by atoms with Gasteiger partial charge in [0.2, 0.25) is 0 Å². The van der Waals surface area contributed by atoms with Crippen LogP contribution in [0.5, 0.6) is 0 Å². The number of para-hydroxylation sites is 1. The van der Waals surface area contributed by atoms with E-state index in [0.717, 1.165) is 5.69 Å².